The van der Waals surface area contributed by atoms with Crippen LogP contribution in [-0.4, -0.2) is 77.1 Å². The maximum Gasteiger partial charge on any atom is 0.318 e. The molecule has 4 aliphatic carbocycles. The van der Waals surface area contributed by atoms with Gasteiger partial charge in [-0.1, -0.05) is 151 Å². The first-order valence-corrected chi connectivity index (χ1v) is 27.6. The number of esters is 1. The van der Waals surface area contributed by atoms with E-state index in [-0.39, 0.29) is 41.3 Å². The molecule has 4 saturated heterocycles. The Hall–Kier alpha value is -3.52. The van der Waals surface area contributed by atoms with E-state index in [0.717, 1.165) is 41.5 Å². The molecule has 0 amide bonds. The normalized spacial score (nSPS) is 37.2. The molecule has 0 spiro atoms. The lowest BCUT2D eigenvalue weighted by Gasteiger charge is -2.59. The number of hydrogen-bond donors (Lipinski definition) is 0. The van der Waals surface area contributed by atoms with Crippen molar-refractivity contribution >= 4 is 20.6 Å². The summed E-state index contributed by atoms with van der Waals surface area (Å²) in [6.07, 6.45) is 3.74. The maximum atomic E-state index is 16.3. The minimum atomic E-state index is -2.52. The van der Waals surface area contributed by atoms with Gasteiger partial charge in [0.2, 0.25) is 0 Å². The third-order valence-electron chi connectivity index (χ3n) is 17.6. The van der Waals surface area contributed by atoms with E-state index in [0.29, 0.717) is 38.6 Å². The van der Waals surface area contributed by atoms with E-state index in [1.54, 1.807) is 0 Å². The van der Waals surface area contributed by atoms with Gasteiger partial charge in [0.15, 0.2) is 26.8 Å². The minimum absolute atomic E-state index is 0.0302. The average molecular weight is 919 g/mol. The fourth-order valence-electron chi connectivity index (χ4n) is 13.6. The van der Waals surface area contributed by atoms with Crippen LogP contribution in [0, 0.1) is 45.8 Å². The molecule has 3 aromatic carbocycles. The summed E-state index contributed by atoms with van der Waals surface area (Å²) in [7, 11) is -2.52. The predicted molar refractivity (Wildman–Crippen MR) is 251 cm³/mol. The Morgan fingerprint density at radius 2 is 1.55 bits per heavy atom. The van der Waals surface area contributed by atoms with Gasteiger partial charge in [-0.3, -0.25) is 9.53 Å². The van der Waals surface area contributed by atoms with Gasteiger partial charge in [-0.05, 0) is 90.1 Å². The molecule has 354 valence electrons. The molecule has 13 unspecified atom stereocenters. The molecule has 3 saturated carbocycles. The molecule has 4 heterocycles. The van der Waals surface area contributed by atoms with Gasteiger partial charge in [-0.2, -0.15) is 0 Å². The summed E-state index contributed by atoms with van der Waals surface area (Å²) >= 11 is 0. The Morgan fingerprint density at radius 3 is 2.18 bits per heavy atom. The van der Waals surface area contributed by atoms with Crippen molar-refractivity contribution in [3.05, 3.63) is 119 Å². The van der Waals surface area contributed by atoms with E-state index in [4.69, 9.17) is 37.6 Å². The predicted octanol–water partition coefficient (Wildman–Crippen LogP) is 10.4. The van der Waals surface area contributed by atoms with Crippen LogP contribution >= 0.6 is 0 Å². The van der Waals surface area contributed by atoms with Gasteiger partial charge in [0.05, 0.1) is 18.6 Å². The molecule has 0 aromatic heterocycles. The highest BCUT2D eigenvalue weighted by Gasteiger charge is 2.85. The molecular formula is C55H70O10Si. The molecule has 3 aromatic rings. The first-order chi connectivity index (χ1) is 31.6. The van der Waals surface area contributed by atoms with Crippen molar-refractivity contribution in [2.45, 2.75) is 141 Å². The zero-order valence-corrected chi connectivity index (χ0v) is 41.1. The van der Waals surface area contributed by atoms with Crippen LogP contribution in [0.3, 0.4) is 0 Å². The zero-order valence-electron chi connectivity index (χ0n) is 40.1. The first kappa shape index (κ1) is 46.2. The summed E-state index contributed by atoms with van der Waals surface area (Å²) < 4.78 is 54.9. The number of rotatable bonds is 18. The summed E-state index contributed by atoms with van der Waals surface area (Å²) in [5.41, 5.74) is 0.774. The van der Waals surface area contributed by atoms with E-state index in [2.05, 4.69) is 72.8 Å². The van der Waals surface area contributed by atoms with Crippen molar-refractivity contribution in [3.63, 3.8) is 0 Å². The highest BCUT2D eigenvalue weighted by Crippen LogP contribution is 2.83. The molecule has 66 heavy (non-hydrogen) atoms. The molecule has 8 aliphatic rings. The molecule has 0 radical (unpaired) electrons. The summed E-state index contributed by atoms with van der Waals surface area (Å²) in [5.74, 6) is -1.45. The lowest BCUT2D eigenvalue weighted by molar-refractivity contribution is -0.445. The molecule has 10 nitrogen and oxygen atoms in total. The van der Waals surface area contributed by atoms with E-state index >= 15 is 4.79 Å². The summed E-state index contributed by atoms with van der Waals surface area (Å²) in [5, 5.41) is -0.152. The quantitative estimate of drug-likeness (QED) is 0.0402. The smallest absolute Gasteiger partial charge is 0.318 e. The second-order valence-electron chi connectivity index (χ2n) is 22.4. The zero-order chi connectivity index (χ0) is 46.3. The Kier molecular flexibility index (Phi) is 12.0. The SMILES string of the molecule is CC(C)C1=CC2CC3(C=O)C4CCC(C)C4CC2(COC24OC5OC(C(OCCCOCc6ccccc6)C5O2)C4O[Si](C)(C)C(C)(C)C)C13C(=O)OC(c1ccccc1)c1ccccc1. The fraction of sp³-hybridized carbons (Fsp3) is 0.600. The maximum absolute atomic E-state index is 16.3. The summed E-state index contributed by atoms with van der Waals surface area (Å²) in [4.78, 5) is 30.7. The van der Waals surface area contributed by atoms with Crippen molar-refractivity contribution in [3.8, 4) is 0 Å². The monoisotopic (exact) mass is 918 g/mol. The van der Waals surface area contributed by atoms with Gasteiger partial charge in [0.1, 0.15) is 30.0 Å². The highest BCUT2D eigenvalue weighted by molar-refractivity contribution is 6.74. The van der Waals surface area contributed by atoms with E-state index in [1.807, 2.05) is 78.9 Å². The van der Waals surface area contributed by atoms with Crippen LogP contribution in [0.25, 0.3) is 0 Å². The number of ether oxygens (including phenoxy) is 7. The molecule has 11 heteroatoms. The Morgan fingerprint density at radius 1 is 0.879 bits per heavy atom. The fourth-order valence-corrected chi connectivity index (χ4v) is 14.8. The lowest BCUT2D eigenvalue weighted by Crippen LogP contribution is -2.68. The van der Waals surface area contributed by atoms with Crippen molar-refractivity contribution in [1.29, 1.82) is 0 Å². The van der Waals surface area contributed by atoms with Crippen molar-refractivity contribution in [2.75, 3.05) is 19.8 Å². The average Bonchev–Trinajstić information content (AvgIpc) is 4.04. The third-order valence-corrected chi connectivity index (χ3v) is 22.0. The summed E-state index contributed by atoms with van der Waals surface area (Å²) in [6, 6.07) is 30.1. The van der Waals surface area contributed by atoms with Crippen LogP contribution in [0.5, 0.6) is 0 Å². The van der Waals surface area contributed by atoms with Crippen LogP contribution in [0.2, 0.25) is 18.1 Å². The minimum Gasteiger partial charge on any atom is -0.452 e. The largest absolute Gasteiger partial charge is 0.452 e. The number of allylic oxidation sites excluding steroid dienone is 1. The van der Waals surface area contributed by atoms with Crippen LogP contribution in [0.1, 0.15) is 96.4 Å². The van der Waals surface area contributed by atoms with E-state index in [9.17, 15) is 4.79 Å². The van der Waals surface area contributed by atoms with Gasteiger partial charge in [-0.25, -0.2) is 0 Å². The Bertz CT molecular complexity index is 2220. The molecule has 4 aliphatic heterocycles. The van der Waals surface area contributed by atoms with Gasteiger partial charge in [-0.15, -0.1) is 0 Å². The van der Waals surface area contributed by atoms with Crippen molar-refractivity contribution in [2.24, 2.45) is 45.8 Å². The van der Waals surface area contributed by atoms with E-state index in [1.165, 1.54) is 6.29 Å². The summed E-state index contributed by atoms with van der Waals surface area (Å²) in [6.45, 7) is 19.4. The van der Waals surface area contributed by atoms with Gasteiger partial charge in [0, 0.05) is 18.6 Å². The molecule has 11 rings (SSSR count). The second-order valence-corrected chi connectivity index (χ2v) is 27.1. The number of carbonyl (C=O) groups is 2. The molecule has 0 N–H and O–H groups in total. The van der Waals surface area contributed by atoms with Crippen molar-refractivity contribution < 1.29 is 47.2 Å². The molecule has 8 bridgehead atoms. The van der Waals surface area contributed by atoms with Crippen LogP contribution < -0.4 is 0 Å². The highest BCUT2D eigenvalue weighted by atomic mass is 28.4. The topological polar surface area (TPSA) is 108 Å². The third kappa shape index (κ3) is 7.03. The van der Waals surface area contributed by atoms with Gasteiger partial charge >= 0.3 is 11.9 Å². The number of aldehydes is 1. The van der Waals surface area contributed by atoms with Crippen LogP contribution in [0.15, 0.2) is 103 Å². The van der Waals surface area contributed by atoms with Crippen molar-refractivity contribution in [1.82, 2.24) is 0 Å². The van der Waals surface area contributed by atoms with Crippen LogP contribution in [-0.2, 0) is 53.8 Å². The Balaban J connectivity index is 0.996. The molecule has 13 atom stereocenters. The molecular weight excluding hydrogens is 849 g/mol. The number of hydrogen-bond acceptors (Lipinski definition) is 10. The van der Waals surface area contributed by atoms with Gasteiger partial charge in [0.25, 0.3) is 0 Å². The Labute approximate surface area is 392 Å². The molecule has 7 fully saturated rings. The first-order valence-electron chi connectivity index (χ1n) is 24.7. The number of benzene rings is 3. The second kappa shape index (κ2) is 17.2. The number of carbonyl (C=O) groups excluding carboxylic acids is 2. The van der Waals surface area contributed by atoms with Gasteiger partial charge < -0.3 is 37.6 Å². The van der Waals surface area contributed by atoms with E-state index < -0.39 is 67.3 Å². The van der Waals surface area contributed by atoms with Crippen LogP contribution in [0.4, 0.5) is 0 Å². The standard InChI is InChI=1S/C55H70O10Si/c1-35(2)43-29-40-30-52(33-56)42-26-25-36(3)41(42)31-53(40,54(43,52)50(57)62-44(38-21-14-10-15-22-38)39-23-16-11-17-24-39)34-60-55-48(65-66(7,8)51(4,5)6)46-45(47(63-55)49(61-46)64-55)59-28-18-27-58-32-37-19-12-9-13-20-37/h9-17,19-24,29,33,35-36,40-42,44-49H,18,25-28,30-32,34H2,1-8H3. The number of fused-ring (bicyclic) bond motifs is 2. The lowest BCUT2D eigenvalue weighted by atomic mass is 9.43.